The first-order valence-corrected chi connectivity index (χ1v) is 7.95. The molecule has 0 unspecified atom stereocenters. The van der Waals surface area contributed by atoms with Crippen molar-refractivity contribution >= 4 is 0 Å². The Kier molecular flexibility index (Phi) is 4.81. The van der Waals surface area contributed by atoms with Crippen molar-refractivity contribution < 1.29 is 17.9 Å². The number of halogens is 3. The van der Waals surface area contributed by atoms with Gasteiger partial charge in [0.05, 0.1) is 6.10 Å². The molecular weight excluding hydrogens is 359 g/mol. The maximum absolute atomic E-state index is 12.7. The van der Waals surface area contributed by atoms with Crippen molar-refractivity contribution in [2.45, 2.75) is 26.1 Å². The molecule has 2 aromatic heterocycles. The van der Waals surface area contributed by atoms with Gasteiger partial charge >= 0.3 is 6.18 Å². The molecule has 2 heterocycles. The van der Waals surface area contributed by atoms with E-state index >= 15 is 0 Å². The second-order valence-corrected chi connectivity index (χ2v) is 5.94. The summed E-state index contributed by atoms with van der Waals surface area (Å²) in [6.07, 6.45) is -3.52. The maximum Gasteiger partial charge on any atom is 0.433 e. The predicted molar refractivity (Wildman–Crippen MR) is 90.5 cm³/mol. The van der Waals surface area contributed by atoms with E-state index in [1.807, 2.05) is 19.9 Å². The molecule has 6 nitrogen and oxygen atoms in total. The molecule has 3 aromatic rings. The van der Waals surface area contributed by atoms with Crippen LogP contribution in [0.4, 0.5) is 13.2 Å². The van der Waals surface area contributed by atoms with Crippen molar-refractivity contribution in [3.8, 4) is 34.2 Å². The molecule has 1 aromatic carbocycles. The maximum atomic E-state index is 12.7. The van der Waals surface area contributed by atoms with Gasteiger partial charge in [-0.2, -0.15) is 28.7 Å². The molecule has 0 atom stereocenters. The van der Waals surface area contributed by atoms with Crippen molar-refractivity contribution in [1.82, 2.24) is 20.4 Å². The second kappa shape index (κ2) is 7.07. The van der Waals surface area contributed by atoms with Crippen LogP contribution in [0.1, 0.15) is 25.2 Å². The van der Waals surface area contributed by atoms with E-state index in [1.54, 1.807) is 18.2 Å². The molecule has 0 bridgehead atoms. The molecule has 0 spiro atoms. The van der Waals surface area contributed by atoms with Crippen molar-refractivity contribution in [2.24, 2.45) is 0 Å². The van der Waals surface area contributed by atoms with Crippen LogP contribution >= 0.6 is 0 Å². The van der Waals surface area contributed by atoms with E-state index in [9.17, 15) is 13.2 Å². The number of nitrogens with zero attached hydrogens (tertiary/aromatic N) is 4. The molecule has 0 radical (unpaired) electrons. The summed E-state index contributed by atoms with van der Waals surface area (Å²) in [4.78, 5) is 3.50. The van der Waals surface area contributed by atoms with Crippen LogP contribution in [-0.2, 0) is 6.18 Å². The summed E-state index contributed by atoms with van der Waals surface area (Å²) in [5.74, 6) is 0.441. The van der Waals surface area contributed by atoms with Gasteiger partial charge in [0, 0.05) is 22.9 Å². The van der Waals surface area contributed by atoms with E-state index in [1.165, 1.54) is 6.07 Å². The topological polar surface area (TPSA) is 87.5 Å². The summed E-state index contributed by atoms with van der Waals surface area (Å²) in [5, 5.41) is 19.2. The van der Waals surface area contributed by atoms with Gasteiger partial charge in [-0.15, -0.1) is 5.10 Å². The lowest BCUT2D eigenvalue weighted by atomic mass is 10.0. The van der Waals surface area contributed by atoms with E-state index in [2.05, 4.69) is 20.4 Å². The Morgan fingerprint density at radius 1 is 1.11 bits per heavy atom. The number of nitriles is 1. The molecule has 0 aliphatic carbocycles. The summed E-state index contributed by atoms with van der Waals surface area (Å²) in [7, 11) is 0. The van der Waals surface area contributed by atoms with Gasteiger partial charge in [-0.05, 0) is 32.0 Å². The van der Waals surface area contributed by atoms with Gasteiger partial charge in [-0.1, -0.05) is 12.1 Å². The SMILES string of the molecule is CC(C)Oc1cc(-c2n[nH]nc2C#N)ccc1-c1ccc(C(F)(F)F)nc1. The van der Waals surface area contributed by atoms with Crippen molar-refractivity contribution in [2.75, 3.05) is 0 Å². The first-order valence-electron chi connectivity index (χ1n) is 7.95. The van der Waals surface area contributed by atoms with Crippen LogP contribution in [0.15, 0.2) is 36.5 Å². The van der Waals surface area contributed by atoms with Crippen LogP contribution in [0.25, 0.3) is 22.4 Å². The van der Waals surface area contributed by atoms with Gasteiger partial charge in [0.2, 0.25) is 0 Å². The number of aromatic nitrogens is 4. The quantitative estimate of drug-likeness (QED) is 0.740. The Morgan fingerprint density at radius 2 is 1.85 bits per heavy atom. The molecule has 138 valence electrons. The highest BCUT2D eigenvalue weighted by Crippen LogP contribution is 2.36. The summed E-state index contributed by atoms with van der Waals surface area (Å²) in [6, 6.07) is 9.26. The minimum Gasteiger partial charge on any atom is -0.490 e. The van der Waals surface area contributed by atoms with Crippen LogP contribution < -0.4 is 4.74 Å². The Hall–Kier alpha value is -3.41. The Morgan fingerprint density at radius 3 is 2.44 bits per heavy atom. The molecule has 3 rings (SSSR count). The molecule has 27 heavy (non-hydrogen) atoms. The minimum absolute atomic E-state index is 0.134. The van der Waals surface area contributed by atoms with Crippen molar-refractivity contribution in [1.29, 1.82) is 5.26 Å². The predicted octanol–water partition coefficient (Wildman–Crippen LogP) is 4.21. The number of ether oxygens (including phenoxy) is 1. The number of rotatable bonds is 4. The average Bonchev–Trinajstić information content (AvgIpc) is 3.09. The number of H-pyrrole nitrogens is 1. The number of hydrogen-bond acceptors (Lipinski definition) is 5. The number of nitrogens with one attached hydrogen (secondary N) is 1. The molecule has 0 amide bonds. The van der Waals surface area contributed by atoms with Crippen LogP contribution in [0.3, 0.4) is 0 Å². The van der Waals surface area contributed by atoms with Crippen LogP contribution in [0, 0.1) is 11.3 Å². The molecule has 9 heteroatoms. The number of aromatic amines is 1. The van der Waals surface area contributed by atoms with Crippen LogP contribution in [-0.4, -0.2) is 26.5 Å². The first kappa shape index (κ1) is 18.4. The largest absolute Gasteiger partial charge is 0.490 e. The normalized spacial score (nSPS) is 11.4. The fourth-order valence-electron chi connectivity index (χ4n) is 2.49. The third-order valence-corrected chi connectivity index (χ3v) is 3.64. The van der Waals surface area contributed by atoms with Gasteiger partial charge in [0.15, 0.2) is 5.69 Å². The summed E-state index contributed by atoms with van der Waals surface area (Å²) in [6.45, 7) is 3.66. The van der Waals surface area contributed by atoms with E-state index in [-0.39, 0.29) is 11.8 Å². The zero-order chi connectivity index (χ0) is 19.6. The lowest BCUT2D eigenvalue weighted by Gasteiger charge is -2.16. The Bertz CT molecular complexity index is 987. The van der Waals surface area contributed by atoms with Crippen LogP contribution in [0.2, 0.25) is 0 Å². The van der Waals surface area contributed by atoms with Gasteiger partial charge < -0.3 is 4.74 Å². The molecule has 1 N–H and O–H groups in total. The molecule has 0 saturated carbocycles. The average molecular weight is 373 g/mol. The number of benzene rings is 1. The molecule has 0 aliphatic heterocycles. The van der Waals surface area contributed by atoms with E-state index in [0.29, 0.717) is 28.1 Å². The van der Waals surface area contributed by atoms with Gasteiger partial charge in [0.1, 0.15) is 23.2 Å². The second-order valence-electron chi connectivity index (χ2n) is 5.94. The molecular formula is C18H14F3N5O. The van der Waals surface area contributed by atoms with E-state index < -0.39 is 11.9 Å². The zero-order valence-corrected chi connectivity index (χ0v) is 14.4. The van der Waals surface area contributed by atoms with E-state index in [4.69, 9.17) is 10.00 Å². The van der Waals surface area contributed by atoms with Gasteiger partial charge in [-0.25, -0.2) is 0 Å². The number of pyridine rings is 1. The fourth-order valence-corrected chi connectivity index (χ4v) is 2.49. The molecule has 0 fully saturated rings. The zero-order valence-electron chi connectivity index (χ0n) is 14.4. The summed E-state index contributed by atoms with van der Waals surface area (Å²) in [5.41, 5.74) is 1.19. The lowest BCUT2D eigenvalue weighted by Crippen LogP contribution is -2.08. The number of hydrogen-bond donors (Lipinski definition) is 1. The van der Waals surface area contributed by atoms with Crippen molar-refractivity contribution in [3.05, 3.63) is 47.9 Å². The Balaban J connectivity index is 2.06. The van der Waals surface area contributed by atoms with Gasteiger partial charge in [0.25, 0.3) is 0 Å². The standard InChI is InChI=1S/C18H14F3N5O/c1-10(2)27-15-7-11(17-14(8-22)24-26-25-17)3-5-13(15)12-4-6-16(23-9-12)18(19,20)21/h3-7,9-10H,1-2H3,(H,24,25,26). The first-order chi connectivity index (χ1) is 12.8. The summed E-state index contributed by atoms with van der Waals surface area (Å²) >= 11 is 0. The van der Waals surface area contributed by atoms with Crippen LogP contribution in [0.5, 0.6) is 5.75 Å². The highest BCUT2D eigenvalue weighted by Gasteiger charge is 2.32. The molecule has 0 aliphatic rings. The van der Waals surface area contributed by atoms with Crippen molar-refractivity contribution in [3.63, 3.8) is 0 Å². The highest BCUT2D eigenvalue weighted by atomic mass is 19.4. The Labute approximate surface area is 152 Å². The van der Waals surface area contributed by atoms with E-state index in [0.717, 1.165) is 12.3 Å². The third kappa shape index (κ3) is 3.89. The molecule has 0 saturated heterocycles. The lowest BCUT2D eigenvalue weighted by molar-refractivity contribution is -0.141. The minimum atomic E-state index is -4.50. The summed E-state index contributed by atoms with van der Waals surface area (Å²) < 4.78 is 44.0. The smallest absolute Gasteiger partial charge is 0.433 e. The number of alkyl halides is 3. The third-order valence-electron chi connectivity index (χ3n) is 3.64. The van der Waals surface area contributed by atoms with Gasteiger partial charge in [-0.3, -0.25) is 4.98 Å². The fraction of sp³-hybridized carbons (Fsp3) is 0.222. The highest BCUT2D eigenvalue weighted by molar-refractivity contribution is 5.76. The monoisotopic (exact) mass is 373 g/mol.